The van der Waals surface area contributed by atoms with Gasteiger partial charge in [0.25, 0.3) is 0 Å². The average Bonchev–Trinajstić information content (AvgIpc) is 2.14. The zero-order valence-electron chi connectivity index (χ0n) is 9.04. The summed E-state index contributed by atoms with van der Waals surface area (Å²) in [6.45, 7) is -4.82. The molecule has 1 aromatic carbocycles. The third-order valence-electron chi connectivity index (χ3n) is 1.70. The summed E-state index contributed by atoms with van der Waals surface area (Å²) in [6.07, 6.45) is 0. The third kappa shape index (κ3) is 6.05. The number of hydrogen-bond acceptors (Lipinski definition) is 2. The van der Waals surface area contributed by atoms with Crippen molar-refractivity contribution >= 4 is 12.8 Å². The molecule has 0 N–H and O–H groups in total. The molecule has 0 saturated carbocycles. The van der Waals surface area contributed by atoms with E-state index in [0.717, 1.165) is 0 Å². The van der Waals surface area contributed by atoms with Crippen molar-refractivity contribution in [1.29, 1.82) is 0 Å². The second-order valence-electron chi connectivity index (χ2n) is 3.10. The largest absolute Gasteiger partial charge is 1.00 e. The Bertz CT molecular complexity index is 351. The quantitative estimate of drug-likeness (QED) is 0.544. The van der Waals surface area contributed by atoms with Crippen molar-refractivity contribution in [2.75, 3.05) is 6.51 Å². The van der Waals surface area contributed by atoms with E-state index in [1.165, 1.54) is 31.2 Å². The molecule has 0 aliphatic carbocycles. The van der Waals surface area contributed by atoms with Gasteiger partial charge in [0.1, 0.15) is 5.75 Å². The van der Waals surface area contributed by atoms with Crippen LogP contribution in [0.3, 0.4) is 0 Å². The molecule has 82 valence electrons. The minimum atomic E-state index is -4.94. The van der Waals surface area contributed by atoms with E-state index in [2.05, 4.69) is 4.74 Å². The first kappa shape index (κ1) is 16.2. The summed E-state index contributed by atoms with van der Waals surface area (Å²) >= 11 is 0. The molecule has 0 atom stereocenters. The predicted octanol–water partition coefficient (Wildman–Crippen LogP) is -0.341. The standard InChI is InChI=1S/C9H9BF3O2.K/c1-7(14)8-2-4-9(5-3-8)15-6-10(11,12)13;/h2-5H,6H2,1H3;/q-1;+1. The Morgan fingerprint density at radius 2 is 1.75 bits per heavy atom. The maximum absolute atomic E-state index is 11.8. The summed E-state index contributed by atoms with van der Waals surface area (Å²) in [4.78, 5) is 10.9. The Labute approximate surface area is 134 Å². The van der Waals surface area contributed by atoms with Gasteiger partial charge in [-0.25, -0.2) is 0 Å². The smallest absolute Gasteiger partial charge is 0.522 e. The van der Waals surface area contributed by atoms with Crippen molar-refractivity contribution in [2.24, 2.45) is 0 Å². The van der Waals surface area contributed by atoms with Gasteiger partial charge < -0.3 is 17.7 Å². The molecule has 2 nitrogen and oxygen atoms in total. The second kappa shape index (κ2) is 6.81. The molecule has 0 amide bonds. The van der Waals surface area contributed by atoms with E-state index in [4.69, 9.17) is 0 Å². The minimum Gasteiger partial charge on any atom is -0.522 e. The summed E-state index contributed by atoms with van der Waals surface area (Å²) in [5.41, 5.74) is 0.444. The van der Waals surface area contributed by atoms with Crippen LogP contribution in [0.5, 0.6) is 5.75 Å². The Kier molecular flexibility index (Phi) is 6.88. The zero-order chi connectivity index (χ0) is 11.5. The summed E-state index contributed by atoms with van der Waals surface area (Å²) in [6, 6.07) is 5.55. The average molecular weight is 256 g/mol. The number of halogens is 3. The fourth-order valence-corrected chi connectivity index (χ4v) is 0.977. The van der Waals surface area contributed by atoms with Gasteiger partial charge in [-0.05, 0) is 31.2 Å². The van der Waals surface area contributed by atoms with Gasteiger partial charge in [-0.1, -0.05) is 0 Å². The monoisotopic (exact) mass is 256 g/mol. The molecule has 1 rings (SSSR count). The van der Waals surface area contributed by atoms with Crippen molar-refractivity contribution in [3.63, 3.8) is 0 Å². The van der Waals surface area contributed by atoms with Gasteiger partial charge in [-0.2, -0.15) is 0 Å². The van der Waals surface area contributed by atoms with Crippen LogP contribution in [0, 0.1) is 0 Å². The van der Waals surface area contributed by atoms with E-state index in [-0.39, 0.29) is 62.9 Å². The number of ether oxygens (including phenoxy) is 1. The molecule has 0 saturated heterocycles. The van der Waals surface area contributed by atoms with E-state index in [9.17, 15) is 17.7 Å². The van der Waals surface area contributed by atoms with E-state index >= 15 is 0 Å². The van der Waals surface area contributed by atoms with Gasteiger partial charge in [0.15, 0.2) is 5.78 Å². The van der Waals surface area contributed by atoms with Crippen molar-refractivity contribution < 1.29 is 73.9 Å². The fraction of sp³-hybridized carbons (Fsp3) is 0.222. The van der Waals surface area contributed by atoms with E-state index in [1.54, 1.807) is 0 Å². The molecule has 0 aliphatic heterocycles. The maximum Gasteiger partial charge on any atom is 1.00 e. The summed E-state index contributed by atoms with van der Waals surface area (Å²) in [5, 5.41) is 0. The Balaban J connectivity index is 0.00000225. The predicted molar refractivity (Wildman–Crippen MR) is 51.0 cm³/mol. The minimum absolute atomic E-state index is 0. The first-order valence-electron chi connectivity index (χ1n) is 4.33. The van der Waals surface area contributed by atoms with Crippen molar-refractivity contribution in [1.82, 2.24) is 0 Å². The molecule has 0 fully saturated rings. The van der Waals surface area contributed by atoms with E-state index in [1.807, 2.05) is 0 Å². The van der Waals surface area contributed by atoms with Crippen molar-refractivity contribution in [3.05, 3.63) is 29.8 Å². The maximum atomic E-state index is 11.8. The van der Waals surface area contributed by atoms with Crippen LogP contribution in [-0.4, -0.2) is 19.3 Å². The Morgan fingerprint density at radius 3 is 2.12 bits per heavy atom. The van der Waals surface area contributed by atoms with Crippen LogP contribution in [0.1, 0.15) is 17.3 Å². The van der Waals surface area contributed by atoms with Crippen LogP contribution in [0.2, 0.25) is 0 Å². The zero-order valence-corrected chi connectivity index (χ0v) is 12.2. The molecular formula is C9H9BF3KO2. The molecule has 7 heteroatoms. The number of rotatable bonds is 4. The van der Waals surface area contributed by atoms with Crippen LogP contribution < -0.4 is 56.1 Å². The number of ketones is 1. The first-order chi connectivity index (χ1) is 6.88. The second-order valence-corrected chi connectivity index (χ2v) is 3.10. The van der Waals surface area contributed by atoms with Crippen molar-refractivity contribution in [3.8, 4) is 5.75 Å². The summed E-state index contributed by atoms with van der Waals surface area (Å²) in [7, 11) is 0. The molecule has 0 spiro atoms. The number of carbonyl (C=O) groups is 1. The van der Waals surface area contributed by atoms with Gasteiger partial charge in [-0.3, -0.25) is 4.79 Å². The number of hydrogen-bond donors (Lipinski definition) is 0. The molecule has 0 aromatic heterocycles. The number of benzene rings is 1. The molecule has 1 aromatic rings. The van der Waals surface area contributed by atoms with E-state index < -0.39 is 13.5 Å². The SMILES string of the molecule is CC(=O)c1ccc(OC[B-](F)(F)F)cc1.[K+]. The Hall–Kier alpha value is 0.181. The van der Waals surface area contributed by atoms with Crippen LogP contribution in [0.25, 0.3) is 0 Å². The van der Waals surface area contributed by atoms with Crippen LogP contribution in [0.4, 0.5) is 12.9 Å². The van der Waals surface area contributed by atoms with Crippen LogP contribution in [-0.2, 0) is 0 Å². The molecule has 0 aliphatic rings. The first-order valence-corrected chi connectivity index (χ1v) is 4.33. The molecular weight excluding hydrogens is 247 g/mol. The van der Waals surface area contributed by atoms with Crippen LogP contribution >= 0.6 is 0 Å². The van der Waals surface area contributed by atoms with E-state index in [0.29, 0.717) is 5.56 Å². The summed E-state index contributed by atoms with van der Waals surface area (Å²) in [5.74, 6) is -0.0270. The molecule has 16 heavy (non-hydrogen) atoms. The molecule has 0 heterocycles. The normalized spacial score (nSPS) is 10.5. The Morgan fingerprint density at radius 1 is 1.25 bits per heavy atom. The van der Waals surface area contributed by atoms with Gasteiger partial charge in [0.05, 0.1) is 6.51 Å². The molecule has 0 radical (unpaired) electrons. The van der Waals surface area contributed by atoms with Gasteiger partial charge in [-0.15, -0.1) is 0 Å². The molecule has 0 unspecified atom stereocenters. The van der Waals surface area contributed by atoms with Gasteiger partial charge in [0.2, 0.25) is 0 Å². The number of carbonyl (C=O) groups excluding carboxylic acids is 1. The fourth-order valence-electron chi connectivity index (χ4n) is 0.977. The topological polar surface area (TPSA) is 26.3 Å². The number of Topliss-reactive ketones (excluding diaryl/α,β-unsaturated/α-hetero) is 1. The van der Waals surface area contributed by atoms with Gasteiger partial charge in [0, 0.05) is 5.56 Å². The third-order valence-corrected chi connectivity index (χ3v) is 1.70. The summed E-state index contributed by atoms with van der Waals surface area (Å²) < 4.78 is 40.0. The molecule has 0 bridgehead atoms. The van der Waals surface area contributed by atoms with Crippen LogP contribution in [0.15, 0.2) is 24.3 Å². The van der Waals surface area contributed by atoms with Gasteiger partial charge >= 0.3 is 58.4 Å². The van der Waals surface area contributed by atoms with Crippen molar-refractivity contribution in [2.45, 2.75) is 6.92 Å².